The first-order valence-electron chi connectivity index (χ1n) is 7.93. The van der Waals surface area contributed by atoms with E-state index in [9.17, 15) is 9.59 Å². The van der Waals surface area contributed by atoms with Gasteiger partial charge in [-0.25, -0.2) is 4.79 Å². The molecule has 1 saturated heterocycles. The van der Waals surface area contributed by atoms with Crippen molar-refractivity contribution in [1.29, 1.82) is 0 Å². The van der Waals surface area contributed by atoms with Gasteiger partial charge in [0.25, 0.3) is 0 Å². The summed E-state index contributed by atoms with van der Waals surface area (Å²) in [6.07, 6.45) is 1.73. The molecule has 1 fully saturated rings. The molecular formula is C17H25N3O2. The van der Waals surface area contributed by atoms with Crippen LogP contribution in [-0.4, -0.2) is 48.4 Å². The van der Waals surface area contributed by atoms with Crippen molar-refractivity contribution in [3.8, 4) is 0 Å². The van der Waals surface area contributed by atoms with Gasteiger partial charge in [0.05, 0.1) is 0 Å². The Bertz CT molecular complexity index is 535. The number of carbonyl (C=O) groups excluding carboxylic acids is 2. The summed E-state index contributed by atoms with van der Waals surface area (Å²) in [7, 11) is 0. The Morgan fingerprint density at radius 1 is 1.27 bits per heavy atom. The van der Waals surface area contributed by atoms with Crippen LogP contribution in [0.3, 0.4) is 0 Å². The Hall–Kier alpha value is -2.04. The number of piperazine rings is 1. The van der Waals surface area contributed by atoms with Gasteiger partial charge >= 0.3 is 6.03 Å². The highest BCUT2D eigenvalue weighted by molar-refractivity contribution is 5.91. The molecule has 1 aliphatic rings. The summed E-state index contributed by atoms with van der Waals surface area (Å²) >= 11 is 0. The van der Waals surface area contributed by atoms with Crippen molar-refractivity contribution in [2.24, 2.45) is 0 Å². The molecule has 5 nitrogen and oxygen atoms in total. The van der Waals surface area contributed by atoms with Crippen molar-refractivity contribution in [3.63, 3.8) is 0 Å². The van der Waals surface area contributed by atoms with Gasteiger partial charge in [-0.15, -0.1) is 0 Å². The van der Waals surface area contributed by atoms with Gasteiger partial charge in [0.2, 0.25) is 6.41 Å². The van der Waals surface area contributed by atoms with Crippen LogP contribution in [0.4, 0.5) is 10.5 Å². The lowest BCUT2D eigenvalue weighted by atomic mass is 9.96. The molecule has 22 heavy (non-hydrogen) atoms. The first-order valence-corrected chi connectivity index (χ1v) is 7.93. The minimum Gasteiger partial charge on any atom is -0.342 e. The number of hydrogen-bond acceptors (Lipinski definition) is 2. The number of amides is 3. The number of anilines is 1. The summed E-state index contributed by atoms with van der Waals surface area (Å²) in [6.45, 7) is 8.72. The van der Waals surface area contributed by atoms with Gasteiger partial charge in [-0.3, -0.25) is 4.79 Å². The average Bonchev–Trinajstić information content (AvgIpc) is 2.54. The van der Waals surface area contributed by atoms with Crippen molar-refractivity contribution >= 4 is 18.1 Å². The molecule has 2 rings (SSSR count). The van der Waals surface area contributed by atoms with E-state index in [1.54, 1.807) is 9.80 Å². The highest BCUT2D eigenvalue weighted by Crippen LogP contribution is 2.28. The maximum Gasteiger partial charge on any atom is 0.321 e. The number of urea groups is 1. The molecule has 0 atom stereocenters. The zero-order valence-corrected chi connectivity index (χ0v) is 13.6. The molecule has 1 aliphatic heterocycles. The van der Waals surface area contributed by atoms with Crippen LogP contribution in [0.2, 0.25) is 0 Å². The molecular weight excluding hydrogens is 278 g/mol. The molecule has 0 unspecified atom stereocenters. The first kappa shape index (κ1) is 16.3. The Labute approximate surface area is 132 Å². The number of aryl methyl sites for hydroxylation is 1. The number of benzene rings is 1. The summed E-state index contributed by atoms with van der Waals surface area (Å²) in [5, 5.41) is 3.09. The highest BCUT2D eigenvalue weighted by atomic mass is 16.2. The summed E-state index contributed by atoms with van der Waals surface area (Å²) in [5.41, 5.74) is 3.27. The van der Waals surface area contributed by atoms with Crippen molar-refractivity contribution in [3.05, 3.63) is 29.3 Å². The third-order valence-corrected chi connectivity index (χ3v) is 4.17. The van der Waals surface area contributed by atoms with E-state index in [-0.39, 0.29) is 6.03 Å². The molecule has 0 bridgehead atoms. The first-order chi connectivity index (χ1) is 10.6. The van der Waals surface area contributed by atoms with Crippen molar-refractivity contribution < 1.29 is 9.59 Å². The fourth-order valence-corrected chi connectivity index (χ4v) is 2.76. The number of carbonyl (C=O) groups is 2. The van der Waals surface area contributed by atoms with Crippen LogP contribution in [0, 0.1) is 0 Å². The molecule has 5 heteroatoms. The third kappa shape index (κ3) is 3.59. The van der Waals surface area contributed by atoms with Crippen LogP contribution in [-0.2, 0) is 11.2 Å². The number of para-hydroxylation sites is 1. The molecule has 0 aliphatic carbocycles. The Kier molecular flexibility index (Phi) is 5.41. The SMILES string of the molecule is CCc1cccc(C(C)C)c1NC(=O)N1CCN(C=O)CC1. The van der Waals surface area contributed by atoms with E-state index in [1.165, 1.54) is 5.56 Å². The van der Waals surface area contributed by atoms with Crippen LogP contribution < -0.4 is 5.32 Å². The Morgan fingerprint density at radius 3 is 2.50 bits per heavy atom. The van der Waals surface area contributed by atoms with Crippen LogP contribution in [0.5, 0.6) is 0 Å². The fraction of sp³-hybridized carbons (Fsp3) is 0.529. The number of nitrogens with zero attached hydrogens (tertiary/aromatic N) is 2. The van der Waals surface area contributed by atoms with Crippen molar-refractivity contribution in [1.82, 2.24) is 9.80 Å². The van der Waals surface area contributed by atoms with Gasteiger partial charge in [0.15, 0.2) is 0 Å². The summed E-state index contributed by atoms with van der Waals surface area (Å²) in [4.78, 5) is 26.7. The van der Waals surface area contributed by atoms with Gasteiger partial charge in [-0.05, 0) is 23.5 Å². The van der Waals surface area contributed by atoms with Crippen LogP contribution in [0.15, 0.2) is 18.2 Å². The molecule has 0 radical (unpaired) electrons. The van der Waals surface area contributed by atoms with E-state index in [4.69, 9.17) is 0 Å². The van der Waals surface area contributed by atoms with Gasteiger partial charge in [0, 0.05) is 31.9 Å². The zero-order chi connectivity index (χ0) is 16.1. The smallest absolute Gasteiger partial charge is 0.321 e. The second kappa shape index (κ2) is 7.29. The van der Waals surface area contributed by atoms with Gasteiger partial charge in [0.1, 0.15) is 0 Å². The molecule has 0 spiro atoms. The Balaban J connectivity index is 2.13. The minimum atomic E-state index is -0.0756. The van der Waals surface area contributed by atoms with E-state index < -0.39 is 0 Å². The lowest BCUT2D eigenvalue weighted by Gasteiger charge is -2.33. The highest BCUT2D eigenvalue weighted by Gasteiger charge is 2.22. The Morgan fingerprint density at radius 2 is 1.95 bits per heavy atom. The van der Waals surface area contributed by atoms with E-state index >= 15 is 0 Å². The molecule has 1 N–H and O–H groups in total. The molecule has 0 saturated carbocycles. The predicted octanol–water partition coefficient (Wildman–Crippen LogP) is 2.68. The zero-order valence-electron chi connectivity index (χ0n) is 13.6. The summed E-state index contributed by atoms with van der Waals surface area (Å²) < 4.78 is 0. The average molecular weight is 303 g/mol. The summed E-state index contributed by atoms with van der Waals surface area (Å²) in [5.74, 6) is 0.355. The molecule has 120 valence electrons. The van der Waals surface area contributed by atoms with Crippen molar-refractivity contribution in [2.45, 2.75) is 33.1 Å². The van der Waals surface area contributed by atoms with Gasteiger partial charge < -0.3 is 15.1 Å². The molecule has 3 amide bonds. The van der Waals surface area contributed by atoms with Crippen molar-refractivity contribution in [2.75, 3.05) is 31.5 Å². The van der Waals surface area contributed by atoms with Gasteiger partial charge in [-0.2, -0.15) is 0 Å². The normalized spacial score (nSPS) is 15.1. The van der Waals surface area contributed by atoms with E-state index in [1.807, 2.05) is 6.07 Å². The third-order valence-electron chi connectivity index (χ3n) is 4.17. The number of hydrogen-bond donors (Lipinski definition) is 1. The van der Waals surface area contributed by atoms with Crippen LogP contribution in [0.25, 0.3) is 0 Å². The van der Waals surface area contributed by atoms with E-state index in [2.05, 4.69) is 38.2 Å². The van der Waals surface area contributed by atoms with Crippen LogP contribution in [0.1, 0.15) is 37.8 Å². The maximum atomic E-state index is 12.5. The van der Waals surface area contributed by atoms with E-state index in [0.717, 1.165) is 24.1 Å². The lowest BCUT2D eigenvalue weighted by molar-refractivity contribution is -0.119. The molecule has 0 aromatic heterocycles. The number of rotatable bonds is 4. The molecule has 1 heterocycles. The monoisotopic (exact) mass is 303 g/mol. The number of nitrogens with one attached hydrogen (secondary N) is 1. The van der Waals surface area contributed by atoms with E-state index in [0.29, 0.717) is 32.1 Å². The van der Waals surface area contributed by atoms with Crippen LogP contribution >= 0.6 is 0 Å². The quantitative estimate of drug-likeness (QED) is 0.870. The molecule has 1 aromatic rings. The minimum absolute atomic E-state index is 0.0756. The second-order valence-corrected chi connectivity index (χ2v) is 5.95. The van der Waals surface area contributed by atoms with Gasteiger partial charge in [-0.1, -0.05) is 39.0 Å². The second-order valence-electron chi connectivity index (χ2n) is 5.95. The standard InChI is InChI=1S/C17H25N3O2/c1-4-14-6-5-7-15(13(2)3)16(14)18-17(22)20-10-8-19(12-21)9-11-20/h5-7,12-13H,4,8-11H2,1-3H3,(H,18,22). The predicted molar refractivity (Wildman–Crippen MR) is 88.1 cm³/mol. The topological polar surface area (TPSA) is 52.7 Å². The fourth-order valence-electron chi connectivity index (χ4n) is 2.76. The largest absolute Gasteiger partial charge is 0.342 e. The molecule has 1 aromatic carbocycles. The summed E-state index contributed by atoms with van der Waals surface area (Å²) in [6, 6.07) is 6.11. The lowest BCUT2D eigenvalue weighted by Crippen LogP contribution is -2.49. The maximum absolute atomic E-state index is 12.5.